The van der Waals surface area contributed by atoms with Crippen molar-refractivity contribution in [2.75, 3.05) is 25.0 Å². The van der Waals surface area contributed by atoms with Crippen molar-refractivity contribution in [3.63, 3.8) is 0 Å². The monoisotopic (exact) mass is 647 g/mol. The van der Waals surface area contributed by atoms with E-state index in [0.29, 0.717) is 50.1 Å². The third kappa shape index (κ3) is 16.8. The Morgan fingerprint density at radius 3 is 2.22 bits per heavy atom. The number of ketones is 2. The first-order valence-corrected chi connectivity index (χ1v) is 15.9. The molecule has 0 aliphatic carbocycles. The number of ether oxygens (including phenoxy) is 2. The summed E-state index contributed by atoms with van der Waals surface area (Å²) in [6.45, 7) is 12.8. The van der Waals surface area contributed by atoms with Gasteiger partial charge >= 0.3 is 12.1 Å². The number of rotatable bonds is 20. The first kappa shape index (κ1) is 39.9. The lowest BCUT2D eigenvalue weighted by molar-refractivity contribution is -0.130. The zero-order chi connectivity index (χ0) is 34.9. The maximum absolute atomic E-state index is 13.4. The molecule has 0 saturated heterocycles. The molecule has 0 spiro atoms. The molecule has 258 valence electrons. The van der Waals surface area contributed by atoms with Gasteiger partial charge in [-0.05, 0) is 70.4 Å². The molecule has 0 radical (unpaired) electrons. The van der Waals surface area contributed by atoms with Crippen molar-refractivity contribution in [1.82, 2.24) is 16.0 Å². The molecule has 1 aromatic rings. The third-order valence-corrected chi connectivity index (χ3v) is 6.87. The summed E-state index contributed by atoms with van der Waals surface area (Å²) in [5.41, 5.74) is 5.85. The largest absolute Gasteiger partial charge is 0.485 e. The summed E-state index contributed by atoms with van der Waals surface area (Å²) in [5.74, 6) is -1.55. The van der Waals surface area contributed by atoms with E-state index >= 15 is 0 Å². The van der Waals surface area contributed by atoms with Gasteiger partial charge in [-0.1, -0.05) is 26.8 Å². The lowest BCUT2D eigenvalue weighted by Gasteiger charge is -2.23. The number of unbranched alkanes of at least 4 members (excludes halogenated alkanes) is 1. The van der Waals surface area contributed by atoms with Crippen LogP contribution < -0.4 is 31.7 Å². The van der Waals surface area contributed by atoms with Crippen molar-refractivity contribution in [2.24, 2.45) is 17.6 Å². The molecule has 0 heterocycles. The fraction of sp³-hybridized carbons (Fsp3) is 0.636. The average molecular weight is 648 g/mol. The van der Waals surface area contributed by atoms with E-state index in [2.05, 4.69) is 21.3 Å². The van der Waals surface area contributed by atoms with Gasteiger partial charge in [0.05, 0.1) is 6.04 Å². The van der Waals surface area contributed by atoms with Crippen LogP contribution in [0.25, 0.3) is 0 Å². The first-order valence-electron chi connectivity index (χ1n) is 15.9. The normalized spacial score (nSPS) is 12.4. The molecule has 2 atom stereocenters. The van der Waals surface area contributed by atoms with Gasteiger partial charge in [0, 0.05) is 50.5 Å². The predicted octanol–water partition coefficient (Wildman–Crippen LogP) is 4.02. The number of aryl methyl sites for hydroxylation is 1. The zero-order valence-corrected chi connectivity index (χ0v) is 28.4. The molecule has 1 rings (SSSR count). The number of urea groups is 1. The molecule has 1 aromatic carbocycles. The van der Waals surface area contributed by atoms with E-state index in [9.17, 15) is 28.8 Å². The SMILES string of the molecule is CCc1ccc(NC(=O)[C@H](CCCNC(N)=O)CC(=O)[C@@H](NC(C)=O)C(C)C)cc1OCC(=O)CCCCNC(=O)OC(C)(C)C. The minimum absolute atomic E-state index is 0.101. The van der Waals surface area contributed by atoms with Crippen LogP contribution in [-0.2, 0) is 30.3 Å². The van der Waals surface area contributed by atoms with E-state index in [1.165, 1.54) is 6.92 Å². The number of hydrogen-bond donors (Lipinski definition) is 5. The number of amides is 5. The van der Waals surface area contributed by atoms with Gasteiger partial charge in [0.2, 0.25) is 11.8 Å². The van der Waals surface area contributed by atoms with E-state index < -0.39 is 35.6 Å². The summed E-state index contributed by atoms with van der Waals surface area (Å²) in [4.78, 5) is 73.5. The lowest BCUT2D eigenvalue weighted by atomic mass is 9.89. The summed E-state index contributed by atoms with van der Waals surface area (Å²) < 4.78 is 11.0. The number of anilines is 1. The maximum Gasteiger partial charge on any atom is 0.407 e. The van der Waals surface area contributed by atoms with E-state index in [4.69, 9.17) is 15.2 Å². The maximum atomic E-state index is 13.4. The van der Waals surface area contributed by atoms with Crippen LogP contribution in [0.1, 0.15) is 92.6 Å². The van der Waals surface area contributed by atoms with Crippen molar-refractivity contribution in [1.29, 1.82) is 0 Å². The van der Waals surface area contributed by atoms with Gasteiger partial charge < -0.3 is 36.5 Å². The molecule has 46 heavy (non-hydrogen) atoms. The number of hydrogen-bond acceptors (Lipinski definition) is 8. The molecule has 0 aliphatic rings. The molecular formula is C33H53N5O8. The van der Waals surface area contributed by atoms with Crippen molar-refractivity contribution in [3.05, 3.63) is 23.8 Å². The number of alkyl carbamates (subject to hydrolysis) is 1. The van der Waals surface area contributed by atoms with E-state index in [-0.39, 0.29) is 49.4 Å². The van der Waals surface area contributed by atoms with E-state index in [1.807, 2.05) is 20.8 Å². The second-order valence-corrected chi connectivity index (χ2v) is 12.6. The molecule has 0 saturated carbocycles. The minimum atomic E-state index is -0.737. The van der Waals surface area contributed by atoms with Crippen LogP contribution in [0.5, 0.6) is 5.75 Å². The molecule has 5 amide bonds. The standard InChI is InChI=1S/C33H53N5O8/c1-8-23-14-15-25(19-28(23)45-20-26(40)13-9-10-16-36-32(44)46-33(5,6)7)38-30(42)24(12-11-17-35-31(34)43)18-27(41)29(21(2)3)37-22(4)39/h14-15,19,21,24,29H,8-13,16-18,20H2,1-7H3,(H,36,44)(H,37,39)(H,38,42)(H3,34,35,43)/t24-,29+/m1/s1. The Morgan fingerprint density at radius 1 is 0.957 bits per heavy atom. The summed E-state index contributed by atoms with van der Waals surface area (Å²) >= 11 is 0. The molecule has 13 nitrogen and oxygen atoms in total. The van der Waals surface area contributed by atoms with Crippen LogP contribution in [0.3, 0.4) is 0 Å². The second-order valence-electron chi connectivity index (χ2n) is 12.6. The fourth-order valence-corrected chi connectivity index (χ4v) is 4.58. The van der Waals surface area contributed by atoms with Gasteiger partial charge in [0.25, 0.3) is 0 Å². The van der Waals surface area contributed by atoms with Gasteiger partial charge in [0.1, 0.15) is 18.0 Å². The van der Waals surface area contributed by atoms with Gasteiger partial charge in [-0.3, -0.25) is 19.2 Å². The fourth-order valence-electron chi connectivity index (χ4n) is 4.58. The van der Waals surface area contributed by atoms with Gasteiger partial charge in [-0.15, -0.1) is 0 Å². The quantitative estimate of drug-likeness (QED) is 0.131. The zero-order valence-electron chi connectivity index (χ0n) is 28.4. The Balaban J connectivity index is 2.84. The van der Waals surface area contributed by atoms with Crippen LogP contribution in [0.4, 0.5) is 15.3 Å². The van der Waals surface area contributed by atoms with Gasteiger partial charge in [0.15, 0.2) is 11.6 Å². The Labute approximate surface area is 272 Å². The molecule has 0 unspecified atom stereocenters. The molecule has 6 N–H and O–H groups in total. The highest BCUT2D eigenvalue weighted by Gasteiger charge is 2.29. The number of nitrogens with two attached hydrogens (primary N) is 1. The van der Waals surface area contributed by atoms with Crippen molar-refractivity contribution in [3.8, 4) is 5.75 Å². The topological polar surface area (TPSA) is 195 Å². The van der Waals surface area contributed by atoms with Crippen LogP contribution in [0, 0.1) is 11.8 Å². The molecule has 0 fully saturated rings. The Morgan fingerprint density at radius 2 is 1.63 bits per heavy atom. The number of benzene rings is 1. The summed E-state index contributed by atoms with van der Waals surface area (Å²) in [6, 6.07) is 3.76. The Kier molecular flexibility index (Phi) is 17.4. The van der Waals surface area contributed by atoms with Crippen molar-refractivity contribution >= 4 is 41.2 Å². The van der Waals surface area contributed by atoms with Crippen molar-refractivity contribution in [2.45, 2.75) is 105 Å². The average Bonchev–Trinajstić information content (AvgIpc) is 2.94. The first-order chi connectivity index (χ1) is 21.5. The van der Waals surface area contributed by atoms with Crippen LogP contribution >= 0.6 is 0 Å². The minimum Gasteiger partial charge on any atom is -0.485 e. The smallest absolute Gasteiger partial charge is 0.407 e. The molecule has 0 bridgehead atoms. The second kappa shape index (κ2) is 20.1. The van der Waals surface area contributed by atoms with Crippen LogP contribution in [0.2, 0.25) is 0 Å². The van der Waals surface area contributed by atoms with Gasteiger partial charge in [-0.25, -0.2) is 9.59 Å². The number of carbonyl (C=O) groups is 6. The summed E-state index contributed by atoms with van der Waals surface area (Å²) in [7, 11) is 0. The number of nitrogens with one attached hydrogen (secondary N) is 4. The molecule has 13 heteroatoms. The van der Waals surface area contributed by atoms with E-state index in [1.54, 1.807) is 39.0 Å². The highest BCUT2D eigenvalue weighted by atomic mass is 16.6. The highest BCUT2D eigenvalue weighted by Crippen LogP contribution is 2.26. The summed E-state index contributed by atoms with van der Waals surface area (Å²) in [5, 5.41) is 10.7. The molecular weight excluding hydrogens is 594 g/mol. The third-order valence-electron chi connectivity index (χ3n) is 6.87. The number of primary amides is 1. The predicted molar refractivity (Wildman–Crippen MR) is 175 cm³/mol. The molecule has 0 aliphatic heterocycles. The number of Topliss-reactive ketones (excluding diaryl/α,β-unsaturated/α-hetero) is 2. The highest BCUT2D eigenvalue weighted by molar-refractivity contribution is 5.97. The molecule has 0 aromatic heterocycles. The van der Waals surface area contributed by atoms with Crippen LogP contribution in [-0.4, -0.2) is 66.8 Å². The van der Waals surface area contributed by atoms with E-state index in [0.717, 1.165) is 5.56 Å². The number of carbonyl (C=O) groups excluding carboxylic acids is 6. The van der Waals surface area contributed by atoms with Gasteiger partial charge in [-0.2, -0.15) is 0 Å². The lowest BCUT2D eigenvalue weighted by Crippen LogP contribution is -2.44. The van der Waals surface area contributed by atoms with Crippen molar-refractivity contribution < 1.29 is 38.2 Å². The van der Waals surface area contributed by atoms with Crippen LogP contribution in [0.15, 0.2) is 18.2 Å². The Hall–Kier alpha value is -4.16. The summed E-state index contributed by atoms with van der Waals surface area (Å²) in [6.07, 6.45) is 2.19. The Bertz CT molecular complexity index is 1190.